The van der Waals surface area contributed by atoms with Gasteiger partial charge >= 0.3 is 0 Å². The summed E-state index contributed by atoms with van der Waals surface area (Å²) in [5.74, 6) is 1.59. The van der Waals surface area contributed by atoms with Gasteiger partial charge in [-0.15, -0.1) is 0 Å². The van der Waals surface area contributed by atoms with Gasteiger partial charge in [0.25, 0.3) is 0 Å². The van der Waals surface area contributed by atoms with Crippen LogP contribution in [0, 0.1) is 0 Å². The second-order valence-corrected chi connectivity index (χ2v) is 4.67. The fourth-order valence-electron chi connectivity index (χ4n) is 2.41. The van der Waals surface area contributed by atoms with E-state index in [4.69, 9.17) is 14.2 Å². The van der Waals surface area contributed by atoms with Crippen LogP contribution in [0.5, 0.6) is 5.75 Å². The van der Waals surface area contributed by atoms with Crippen molar-refractivity contribution >= 4 is 11.0 Å². The van der Waals surface area contributed by atoms with Crippen molar-refractivity contribution < 1.29 is 14.2 Å². The number of hydrogen-bond donors (Lipinski definition) is 0. The summed E-state index contributed by atoms with van der Waals surface area (Å²) in [6.07, 6.45) is 0.568. The summed E-state index contributed by atoms with van der Waals surface area (Å²) in [6.45, 7) is 0. The molecule has 0 N–H and O–H groups in total. The van der Waals surface area contributed by atoms with Crippen molar-refractivity contribution in [3.8, 4) is 5.75 Å². The zero-order valence-corrected chi connectivity index (χ0v) is 10.2. The van der Waals surface area contributed by atoms with Crippen LogP contribution in [-0.2, 0) is 11.3 Å². The maximum atomic E-state index is 5.82. The Hall–Kier alpha value is -2.26. The first-order chi connectivity index (χ1) is 9.40. The maximum absolute atomic E-state index is 5.82. The molecule has 1 atom stereocenters. The molecule has 0 aliphatic carbocycles. The van der Waals surface area contributed by atoms with E-state index in [2.05, 4.69) is 0 Å². The van der Waals surface area contributed by atoms with Gasteiger partial charge in [0.15, 0.2) is 11.9 Å². The number of hydrogen-bond acceptors (Lipinski definition) is 3. The van der Waals surface area contributed by atoms with Gasteiger partial charge in [-0.25, -0.2) is 0 Å². The maximum Gasteiger partial charge on any atom is 0.168 e. The minimum absolute atomic E-state index is 0.192. The molecular formula is C16H12O3. The number of benzene rings is 2. The van der Waals surface area contributed by atoms with E-state index in [0.717, 1.165) is 34.5 Å². The van der Waals surface area contributed by atoms with Gasteiger partial charge in [-0.3, -0.25) is 0 Å². The molecule has 0 bridgehead atoms. The van der Waals surface area contributed by atoms with Crippen molar-refractivity contribution in [3.63, 3.8) is 0 Å². The molecule has 0 spiro atoms. The molecule has 94 valence electrons. The lowest BCUT2D eigenvalue weighted by atomic mass is 10.0. The predicted molar refractivity (Wildman–Crippen MR) is 70.8 cm³/mol. The summed E-state index contributed by atoms with van der Waals surface area (Å²) in [4.78, 5) is 10.8. The summed E-state index contributed by atoms with van der Waals surface area (Å²) >= 11 is 0. The molecule has 3 nitrogen and oxygen atoms in total. The predicted octanol–water partition coefficient (Wildman–Crippen LogP) is 4.04. The fourth-order valence-corrected chi connectivity index (χ4v) is 2.41. The van der Waals surface area contributed by atoms with Crippen molar-refractivity contribution in [2.75, 3.05) is 0 Å². The Kier molecular flexibility index (Phi) is 2.32. The van der Waals surface area contributed by atoms with E-state index in [0.29, 0.717) is 0 Å². The Morgan fingerprint density at radius 1 is 0.947 bits per heavy atom. The molecule has 2 heterocycles. The quantitative estimate of drug-likeness (QED) is 0.612. The summed E-state index contributed by atoms with van der Waals surface area (Å²) in [5.41, 5.74) is 2.01. The van der Waals surface area contributed by atoms with Crippen molar-refractivity contribution in [1.29, 1.82) is 0 Å². The van der Waals surface area contributed by atoms with Crippen LogP contribution in [0.1, 0.15) is 17.4 Å². The smallest absolute Gasteiger partial charge is 0.168 e. The molecule has 0 fully saturated rings. The highest BCUT2D eigenvalue weighted by atomic mass is 17.2. The molecule has 1 aliphatic rings. The average molecular weight is 252 g/mol. The van der Waals surface area contributed by atoms with E-state index in [1.165, 1.54) is 0 Å². The standard InChI is InChI=1S/C16H12O3/c1-3-7-13-11(5-1)9-15(17-13)16-10-12-6-2-4-8-14(12)18-19-16/h1-9,16H,10H2. The van der Waals surface area contributed by atoms with E-state index in [-0.39, 0.29) is 6.10 Å². The molecule has 0 amide bonds. The number of rotatable bonds is 1. The highest BCUT2D eigenvalue weighted by Crippen LogP contribution is 2.35. The number of furan rings is 1. The monoisotopic (exact) mass is 252 g/mol. The van der Waals surface area contributed by atoms with Crippen LogP contribution in [0.15, 0.2) is 59.0 Å². The summed E-state index contributed by atoms with van der Waals surface area (Å²) in [6, 6.07) is 17.8. The third kappa shape index (κ3) is 1.79. The first-order valence-corrected chi connectivity index (χ1v) is 6.30. The van der Waals surface area contributed by atoms with E-state index >= 15 is 0 Å². The highest BCUT2D eigenvalue weighted by molar-refractivity contribution is 5.77. The average Bonchev–Trinajstić information content (AvgIpc) is 2.90. The first kappa shape index (κ1) is 10.6. The Morgan fingerprint density at radius 2 is 1.79 bits per heavy atom. The van der Waals surface area contributed by atoms with E-state index < -0.39 is 0 Å². The Labute approximate surface area is 110 Å². The van der Waals surface area contributed by atoms with Crippen molar-refractivity contribution in [2.45, 2.75) is 12.5 Å². The highest BCUT2D eigenvalue weighted by Gasteiger charge is 2.25. The Morgan fingerprint density at radius 3 is 2.74 bits per heavy atom. The molecule has 4 rings (SSSR count). The van der Waals surface area contributed by atoms with Crippen LogP contribution >= 0.6 is 0 Å². The van der Waals surface area contributed by atoms with Crippen molar-refractivity contribution in [1.82, 2.24) is 0 Å². The van der Waals surface area contributed by atoms with E-state index in [9.17, 15) is 0 Å². The van der Waals surface area contributed by atoms with Gasteiger partial charge in [-0.05, 0) is 18.2 Å². The summed E-state index contributed by atoms with van der Waals surface area (Å²) in [5, 5.41) is 1.08. The van der Waals surface area contributed by atoms with Gasteiger partial charge in [-0.2, -0.15) is 4.89 Å². The normalized spacial score (nSPS) is 18.0. The van der Waals surface area contributed by atoms with Crippen LogP contribution in [0.4, 0.5) is 0 Å². The minimum Gasteiger partial charge on any atom is -0.458 e. The molecule has 1 unspecified atom stereocenters. The molecule has 2 aromatic carbocycles. The lowest BCUT2D eigenvalue weighted by Crippen LogP contribution is -2.16. The molecule has 3 heteroatoms. The van der Waals surface area contributed by atoms with Gasteiger partial charge in [-0.1, -0.05) is 36.4 Å². The van der Waals surface area contributed by atoms with Crippen LogP contribution in [0.25, 0.3) is 11.0 Å². The topological polar surface area (TPSA) is 31.6 Å². The van der Waals surface area contributed by atoms with Gasteiger partial charge < -0.3 is 9.30 Å². The fraction of sp³-hybridized carbons (Fsp3) is 0.125. The molecular weight excluding hydrogens is 240 g/mol. The lowest BCUT2D eigenvalue weighted by molar-refractivity contribution is -0.261. The van der Waals surface area contributed by atoms with Gasteiger partial charge in [0.1, 0.15) is 11.3 Å². The van der Waals surface area contributed by atoms with Crippen LogP contribution in [0.3, 0.4) is 0 Å². The van der Waals surface area contributed by atoms with E-state index in [1.807, 2.05) is 54.6 Å². The molecule has 0 radical (unpaired) electrons. The van der Waals surface area contributed by atoms with Crippen LogP contribution in [0.2, 0.25) is 0 Å². The first-order valence-electron chi connectivity index (χ1n) is 6.30. The van der Waals surface area contributed by atoms with Crippen LogP contribution in [-0.4, -0.2) is 0 Å². The summed E-state index contributed by atoms with van der Waals surface area (Å²) in [7, 11) is 0. The zero-order chi connectivity index (χ0) is 12.7. The molecule has 19 heavy (non-hydrogen) atoms. The lowest BCUT2D eigenvalue weighted by Gasteiger charge is -2.22. The van der Waals surface area contributed by atoms with Gasteiger partial charge in [0, 0.05) is 17.4 Å². The molecule has 0 saturated heterocycles. The third-order valence-electron chi connectivity index (χ3n) is 3.39. The second-order valence-electron chi connectivity index (χ2n) is 4.67. The summed E-state index contributed by atoms with van der Waals surface area (Å²) < 4.78 is 5.82. The molecule has 1 aliphatic heterocycles. The van der Waals surface area contributed by atoms with Crippen molar-refractivity contribution in [2.24, 2.45) is 0 Å². The zero-order valence-electron chi connectivity index (χ0n) is 10.2. The largest absolute Gasteiger partial charge is 0.458 e. The van der Waals surface area contributed by atoms with Crippen molar-refractivity contribution in [3.05, 3.63) is 65.9 Å². The van der Waals surface area contributed by atoms with E-state index in [1.54, 1.807) is 0 Å². The van der Waals surface area contributed by atoms with Gasteiger partial charge in [0.2, 0.25) is 0 Å². The second kappa shape index (κ2) is 4.14. The number of para-hydroxylation sites is 2. The SMILES string of the molecule is c1ccc2c(c1)CC(c1cc3ccccc3o1)OO2. The molecule has 0 saturated carbocycles. The Bertz CT molecular complexity index is 696. The van der Waals surface area contributed by atoms with Gasteiger partial charge in [0.05, 0.1) is 0 Å². The third-order valence-corrected chi connectivity index (χ3v) is 3.39. The molecule has 1 aromatic heterocycles. The van der Waals surface area contributed by atoms with Crippen LogP contribution < -0.4 is 4.89 Å². The Balaban J connectivity index is 1.70. The molecule has 3 aromatic rings. The number of fused-ring (bicyclic) bond motifs is 2. The minimum atomic E-state index is -0.192.